The number of benzene rings is 2. The van der Waals surface area contributed by atoms with E-state index in [4.69, 9.17) is 10.00 Å². The standard InChI is InChI=1S/C20H21N3O4S/c21-13-15-5-7-16(8-6-15)23-20(24)14-22-28(25,26)19-11-9-18(10-12-19)27-17-3-1-2-4-17/h5-12,17,22H,1-4,14H2,(H,23,24). The minimum absolute atomic E-state index is 0.0671. The highest BCUT2D eigenvalue weighted by molar-refractivity contribution is 7.89. The van der Waals surface area contributed by atoms with Gasteiger partial charge in [0, 0.05) is 5.69 Å². The first-order valence-electron chi connectivity index (χ1n) is 9.03. The van der Waals surface area contributed by atoms with Crippen LogP contribution >= 0.6 is 0 Å². The number of carbonyl (C=O) groups is 1. The SMILES string of the molecule is N#Cc1ccc(NC(=O)CNS(=O)(=O)c2ccc(OC3CCCC3)cc2)cc1. The molecule has 2 aromatic rings. The van der Waals surface area contributed by atoms with E-state index in [-0.39, 0.29) is 11.0 Å². The fourth-order valence-electron chi connectivity index (χ4n) is 2.97. The number of anilines is 1. The van der Waals surface area contributed by atoms with Gasteiger partial charge >= 0.3 is 0 Å². The minimum Gasteiger partial charge on any atom is -0.490 e. The first-order chi connectivity index (χ1) is 13.5. The first kappa shape index (κ1) is 19.9. The number of carbonyl (C=O) groups excluding carboxylic acids is 1. The molecule has 0 aromatic heterocycles. The van der Waals surface area contributed by atoms with Crippen molar-refractivity contribution in [2.45, 2.75) is 36.7 Å². The highest BCUT2D eigenvalue weighted by Gasteiger charge is 2.18. The summed E-state index contributed by atoms with van der Waals surface area (Å²) < 4.78 is 32.8. The Bertz CT molecular complexity index is 958. The lowest BCUT2D eigenvalue weighted by atomic mass is 10.2. The summed E-state index contributed by atoms with van der Waals surface area (Å²) in [6.45, 7) is -0.400. The van der Waals surface area contributed by atoms with Gasteiger partial charge in [0.1, 0.15) is 5.75 Å². The zero-order chi connectivity index (χ0) is 20.0. The lowest BCUT2D eigenvalue weighted by Gasteiger charge is -2.13. The number of nitrogens with zero attached hydrogens (tertiary/aromatic N) is 1. The number of nitrogens with one attached hydrogen (secondary N) is 2. The van der Waals surface area contributed by atoms with Crippen LogP contribution in [0.1, 0.15) is 31.2 Å². The number of sulfonamides is 1. The summed E-state index contributed by atoms with van der Waals surface area (Å²) in [5, 5.41) is 11.3. The minimum atomic E-state index is -3.81. The van der Waals surface area contributed by atoms with Crippen molar-refractivity contribution < 1.29 is 17.9 Å². The van der Waals surface area contributed by atoms with Gasteiger partial charge in [0.2, 0.25) is 15.9 Å². The maximum atomic E-state index is 12.4. The zero-order valence-electron chi connectivity index (χ0n) is 15.2. The van der Waals surface area contributed by atoms with Crippen LogP contribution in [0.25, 0.3) is 0 Å². The third-order valence-corrected chi connectivity index (χ3v) is 5.88. The average molecular weight is 399 g/mol. The zero-order valence-corrected chi connectivity index (χ0v) is 16.0. The number of amides is 1. The molecule has 0 unspecified atom stereocenters. The van der Waals surface area contributed by atoms with Crippen molar-refractivity contribution in [3.8, 4) is 11.8 Å². The fourth-order valence-corrected chi connectivity index (χ4v) is 3.96. The Labute approximate surface area is 164 Å². The summed E-state index contributed by atoms with van der Waals surface area (Å²) in [7, 11) is -3.81. The molecule has 1 amide bonds. The van der Waals surface area contributed by atoms with Gasteiger partial charge in [-0.15, -0.1) is 0 Å². The molecule has 0 atom stereocenters. The number of nitriles is 1. The molecule has 0 bridgehead atoms. The lowest BCUT2D eigenvalue weighted by Crippen LogP contribution is -2.32. The summed E-state index contributed by atoms with van der Waals surface area (Å²) in [4.78, 5) is 12.0. The Kier molecular flexibility index (Phi) is 6.29. The number of hydrogen-bond acceptors (Lipinski definition) is 5. The summed E-state index contributed by atoms with van der Waals surface area (Å²) in [5.41, 5.74) is 0.954. The van der Waals surface area contributed by atoms with Crippen molar-refractivity contribution in [3.63, 3.8) is 0 Å². The number of rotatable bonds is 7. The Hall–Kier alpha value is -2.89. The molecule has 1 fully saturated rings. The van der Waals surface area contributed by atoms with Crippen LogP contribution in [-0.4, -0.2) is 27.0 Å². The number of ether oxygens (including phenoxy) is 1. The van der Waals surface area contributed by atoms with Crippen molar-refractivity contribution in [1.29, 1.82) is 5.26 Å². The van der Waals surface area contributed by atoms with Gasteiger partial charge in [-0.1, -0.05) is 0 Å². The van der Waals surface area contributed by atoms with Crippen molar-refractivity contribution in [1.82, 2.24) is 4.72 Å². The van der Waals surface area contributed by atoms with Gasteiger partial charge in [0.25, 0.3) is 0 Å². The third kappa shape index (κ3) is 5.31. The van der Waals surface area contributed by atoms with Crippen molar-refractivity contribution in [3.05, 3.63) is 54.1 Å². The lowest BCUT2D eigenvalue weighted by molar-refractivity contribution is -0.115. The average Bonchev–Trinajstić information content (AvgIpc) is 3.21. The summed E-state index contributed by atoms with van der Waals surface area (Å²) >= 11 is 0. The highest BCUT2D eigenvalue weighted by Crippen LogP contribution is 2.24. The van der Waals surface area contributed by atoms with Crippen molar-refractivity contribution in [2.75, 3.05) is 11.9 Å². The third-order valence-electron chi connectivity index (χ3n) is 4.46. The smallest absolute Gasteiger partial charge is 0.241 e. The normalized spacial score (nSPS) is 14.4. The summed E-state index contributed by atoms with van der Waals surface area (Å²) in [5.74, 6) is 0.138. The van der Waals surface area contributed by atoms with Crippen LogP contribution in [0, 0.1) is 11.3 Å². The monoisotopic (exact) mass is 399 g/mol. The molecule has 0 aliphatic heterocycles. The first-order valence-corrected chi connectivity index (χ1v) is 10.5. The van der Waals surface area contributed by atoms with E-state index in [0.717, 1.165) is 25.7 Å². The van der Waals surface area contributed by atoms with Crippen LogP contribution in [0.4, 0.5) is 5.69 Å². The van der Waals surface area contributed by atoms with Gasteiger partial charge < -0.3 is 10.1 Å². The number of hydrogen-bond donors (Lipinski definition) is 2. The second kappa shape index (κ2) is 8.87. The van der Waals surface area contributed by atoms with Crippen molar-refractivity contribution in [2.24, 2.45) is 0 Å². The fraction of sp³-hybridized carbons (Fsp3) is 0.300. The van der Waals surface area contributed by atoms with E-state index in [9.17, 15) is 13.2 Å². The summed E-state index contributed by atoms with van der Waals surface area (Å²) in [6.07, 6.45) is 4.56. The molecule has 28 heavy (non-hydrogen) atoms. The maximum Gasteiger partial charge on any atom is 0.241 e. The molecule has 3 rings (SSSR count). The highest BCUT2D eigenvalue weighted by atomic mass is 32.2. The topological polar surface area (TPSA) is 108 Å². The van der Waals surface area contributed by atoms with Gasteiger partial charge in [0.15, 0.2) is 0 Å². The van der Waals surface area contributed by atoms with E-state index in [1.54, 1.807) is 36.4 Å². The quantitative estimate of drug-likeness (QED) is 0.744. The van der Waals surface area contributed by atoms with Gasteiger partial charge in [-0.2, -0.15) is 5.26 Å². The molecule has 2 aromatic carbocycles. The summed E-state index contributed by atoms with van der Waals surface area (Å²) in [6, 6.07) is 14.4. The van der Waals surface area contributed by atoms with E-state index in [2.05, 4.69) is 10.0 Å². The molecule has 0 radical (unpaired) electrons. The van der Waals surface area contributed by atoms with E-state index < -0.39 is 22.5 Å². The van der Waals surface area contributed by atoms with E-state index >= 15 is 0 Å². The Morgan fingerprint density at radius 2 is 1.71 bits per heavy atom. The molecular formula is C20H21N3O4S. The Morgan fingerprint density at radius 1 is 1.07 bits per heavy atom. The van der Waals surface area contributed by atoms with Gasteiger partial charge in [-0.05, 0) is 74.2 Å². The van der Waals surface area contributed by atoms with Crippen LogP contribution in [0.3, 0.4) is 0 Å². The van der Waals surface area contributed by atoms with Crippen LogP contribution in [0.15, 0.2) is 53.4 Å². The molecule has 0 saturated heterocycles. The van der Waals surface area contributed by atoms with Crippen LogP contribution in [0.5, 0.6) is 5.75 Å². The Morgan fingerprint density at radius 3 is 2.32 bits per heavy atom. The van der Waals surface area contributed by atoms with Crippen LogP contribution < -0.4 is 14.8 Å². The van der Waals surface area contributed by atoms with Gasteiger partial charge in [0.05, 0.1) is 29.2 Å². The largest absolute Gasteiger partial charge is 0.490 e. The van der Waals surface area contributed by atoms with Gasteiger partial charge in [-0.3, -0.25) is 4.79 Å². The molecule has 1 aliphatic rings. The van der Waals surface area contributed by atoms with Gasteiger partial charge in [-0.25, -0.2) is 13.1 Å². The van der Waals surface area contributed by atoms with Crippen molar-refractivity contribution >= 4 is 21.6 Å². The molecule has 1 saturated carbocycles. The second-order valence-corrected chi connectivity index (χ2v) is 8.32. The predicted molar refractivity (Wildman–Crippen MR) is 104 cm³/mol. The maximum absolute atomic E-state index is 12.4. The molecule has 0 heterocycles. The van der Waals surface area contributed by atoms with E-state index in [1.165, 1.54) is 12.1 Å². The molecule has 8 heteroatoms. The van der Waals surface area contributed by atoms with Crippen LogP contribution in [0.2, 0.25) is 0 Å². The Balaban J connectivity index is 1.53. The van der Waals surface area contributed by atoms with E-state index in [0.29, 0.717) is 17.0 Å². The molecule has 0 spiro atoms. The molecule has 7 nitrogen and oxygen atoms in total. The second-order valence-electron chi connectivity index (χ2n) is 6.56. The molecule has 1 aliphatic carbocycles. The molecule has 146 valence electrons. The van der Waals surface area contributed by atoms with E-state index in [1.807, 2.05) is 6.07 Å². The molecule has 2 N–H and O–H groups in total. The predicted octanol–water partition coefficient (Wildman–Crippen LogP) is 2.80. The molecular weight excluding hydrogens is 378 g/mol. The van der Waals surface area contributed by atoms with Crippen LogP contribution in [-0.2, 0) is 14.8 Å².